The Morgan fingerprint density at radius 3 is 2.19 bits per heavy atom. The molecule has 3 rings (SSSR count). The summed E-state index contributed by atoms with van der Waals surface area (Å²) in [6, 6.07) is 21.0. The Bertz CT molecular complexity index is 957. The van der Waals surface area contributed by atoms with Gasteiger partial charge in [0, 0.05) is 31.8 Å². The first-order valence-electron chi connectivity index (χ1n) is 8.10. The fraction of sp³-hybridized carbons (Fsp3) is 0.0476. The van der Waals surface area contributed by atoms with Crippen molar-refractivity contribution in [1.29, 1.82) is 0 Å². The van der Waals surface area contributed by atoms with Crippen molar-refractivity contribution in [3.8, 4) is 0 Å². The standard InChI is InChI=1S/C21H15Cl2NO2S/c22-16-6-4-14(5-7-16)20(25)13-27-19-10-8-18(9-11-19)24-21(26)15-2-1-3-17(23)12-15/h1-12H,13H2,(H,24,26). The maximum absolute atomic E-state index is 12.2. The molecular formula is C21H15Cl2NO2S. The number of carbonyl (C=O) groups is 2. The number of halogens is 2. The van der Waals surface area contributed by atoms with Crippen LogP contribution in [0.4, 0.5) is 5.69 Å². The molecule has 136 valence electrons. The molecule has 0 atom stereocenters. The fourth-order valence-corrected chi connectivity index (χ4v) is 3.44. The molecule has 0 aromatic heterocycles. The Kier molecular flexibility index (Phi) is 6.56. The van der Waals surface area contributed by atoms with E-state index in [-0.39, 0.29) is 11.7 Å². The van der Waals surface area contributed by atoms with Crippen LogP contribution in [0.2, 0.25) is 10.0 Å². The first kappa shape index (κ1) is 19.5. The summed E-state index contributed by atoms with van der Waals surface area (Å²) >= 11 is 13.2. The van der Waals surface area contributed by atoms with Gasteiger partial charge >= 0.3 is 0 Å². The average Bonchev–Trinajstić information content (AvgIpc) is 2.68. The molecule has 0 fully saturated rings. The van der Waals surface area contributed by atoms with Crippen molar-refractivity contribution < 1.29 is 9.59 Å². The molecule has 6 heteroatoms. The molecule has 1 N–H and O–H groups in total. The number of ketones is 1. The predicted octanol–water partition coefficient (Wildman–Crippen LogP) is 6.22. The van der Waals surface area contributed by atoms with Gasteiger partial charge in [-0.25, -0.2) is 0 Å². The van der Waals surface area contributed by atoms with Crippen molar-refractivity contribution in [2.24, 2.45) is 0 Å². The van der Waals surface area contributed by atoms with Crippen LogP contribution in [0, 0.1) is 0 Å². The normalized spacial score (nSPS) is 10.4. The largest absolute Gasteiger partial charge is 0.322 e. The third kappa shape index (κ3) is 5.60. The monoisotopic (exact) mass is 415 g/mol. The van der Waals surface area contributed by atoms with Gasteiger partial charge in [-0.1, -0.05) is 29.3 Å². The molecule has 1 amide bonds. The summed E-state index contributed by atoms with van der Waals surface area (Å²) in [4.78, 5) is 25.4. The summed E-state index contributed by atoms with van der Waals surface area (Å²) in [6.45, 7) is 0. The van der Waals surface area contributed by atoms with Crippen molar-refractivity contribution in [1.82, 2.24) is 0 Å². The second-order valence-corrected chi connectivity index (χ2v) is 7.63. The van der Waals surface area contributed by atoms with Gasteiger partial charge in [0.05, 0.1) is 5.75 Å². The fourth-order valence-electron chi connectivity index (χ4n) is 2.34. The van der Waals surface area contributed by atoms with Gasteiger partial charge in [-0.15, -0.1) is 11.8 Å². The van der Waals surface area contributed by atoms with Crippen LogP contribution in [0.1, 0.15) is 20.7 Å². The summed E-state index contributed by atoms with van der Waals surface area (Å²) in [5, 5.41) is 3.94. The summed E-state index contributed by atoms with van der Waals surface area (Å²) in [7, 11) is 0. The van der Waals surface area contributed by atoms with Gasteiger partial charge < -0.3 is 5.32 Å². The topological polar surface area (TPSA) is 46.2 Å². The second-order valence-electron chi connectivity index (χ2n) is 5.71. The van der Waals surface area contributed by atoms with E-state index in [9.17, 15) is 9.59 Å². The van der Waals surface area contributed by atoms with E-state index >= 15 is 0 Å². The number of carbonyl (C=O) groups excluding carboxylic acids is 2. The number of hydrogen-bond donors (Lipinski definition) is 1. The first-order valence-corrected chi connectivity index (χ1v) is 9.84. The van der Waals surface area contributed by atoms with Crippen molar-refractivity contribution in [2.45, 2.75) is 4.90 Å². The van der Waals surface area contributed by atoms with Crippen LogP contribution in [0.5, 0.6) is 0 Å². The van der Waals surface area contributed by atoms with E-state index in [1.54, 1.807) is 60.7 Å². The number of nitrogens with one attached hydrogen (secondary N) is 1. The molecule has 0 spiro atoms. The lowest BCUT2D eigenvalue weighted by Crippen LogP contribution is -2.11. The molecule has 3 aromatic rings. The van der Waals surface area contributed by atoms with Gasteiger partial charge in [-0.3, -0.25) is 9.59 Å². The third-order valence-electron chi connectivity index (χ3n) is 3.74. The maximum atomic E-state index is 12.2. The maximum Gasteiger partial charge on any atom is 0.255 e. The molecule has 0 bridgehead atoms. The number of benzene rings is 3. The molecule has 0 saturated carbocycles. The van der Waals surface area contributed by atoms with Crippen molar-refractivity contribution in [2.75, 3.05) is 11.1 Å². The van der Waals surface area contributed by atoms with Crippen LogP contribution in [0.15, 0.2) is 77.7 Å². The molecule has 0 heterocycles. The van der Waals surface area contributed by atoms with Crippen LogP contribution in [0.3, 0.4) is 0 Å². The summed E-state index contributed by atoms with van der Waals surface area (Å²) in [5.41, 5.74) is 1.81. The predicted molar refractivity (Wildman–Crippen MR) is 112 cm³/mol. The Morgan fingerprint density at radius 1 is 0.815 bits per heavy atom. The van der Waals surface area contributed by atoms with Crippen LogP contribution in [0.25, 0.3) is 0 Å². The Balaban J connectivity index is 1.56. The van der Waals surface area contributed by atoms with Crippen LogP contribution >= 0.6 is 35.0 Å². The van der Waals surface area contributed by atoms with Gasteiger partial charge in [0.25, 0.3) is 5.91 Å². The molecule has 0 aliphatic heterocycles. The van der Waals surface area contributed by atoms with Crippen molar-refractivity contribution >= 4 is 52.3 Å². The van der Waals surface area contributed by atoms with Crippen LogP contribution in [-0.2, 0) is 0 Å². The number of rotatable bonds is 6. The van der Waals surface area contributed by atoms with Gasteiger partial charge in [-0.2, -0.15) is 0 Å². The molecule has 27 heavy (non-hydrogen) atoms. The average molecular weight is 416 g/mol. The Morgan fingerprint density at radius 2 is 1.52 bits per heavy atom. The Hall–Kier alpha value is -2.27. The Labute approximate surface area is 171 Å². The van der Waals surface area contributed by atoms with Gasteiger partial charge in [0.15, 0.2) is 5.78 Å². The van der Waals surface area contributed by atoms with Crippen molar-refractivity contribution in [3.05, 3.63) is 94.0 Å². The first-order chi connectivity index (χ1) is 13.0. The van der Waals surface area contributed by atoms with Crippen molar-refractivity contribution in [3.63, 3.8) is 0 Å². The molecular weight excluding hydrogens is 401 g/mol. The van der Waals surface area contributed by atoms with E-state index in [1.165, 1.54) is 11.8 Å². The van der Waals surface area contributed by atoms with E-state index in [1.807, 2.05) is 12.1 Å². The number of thioether (sulfide) groups is 1. The molecule has 0 aliphatic carbocycles. The lowest BCUT2D eigenvalue weighted by Gasteiger charge is -2.07. The second kappa shape index (κ2) is 9.09. The lowest BCUT2D eigenvalue weighted by atomic mass is 10.1. The van der Waals surface area contributed by atoms with E-state index in [4.69, 9.17) is 23.2 Å². The quantitative estimate of drug-likeness (QED) is 0.383. The highest BCUT2D eigenvalue weighted by atomic mass is 35.5. The summed E-state index contributed by atoms with van der Waals surface area (Å²) in [6.07, 6.45) is 0. The zero-order chi connectivity index (χ0) is 19.2. The van der Waals surface area contributed by atoms with Crippen LogP contribution < -0.4 is 5.32 Å². The third-order valence-corrected chi connectivity index (χ3v) is 5.23. The number of Topliss-reactive ketones (excluding diaryl/α,β-unsaturated/α-hetero) is 1. The minimum atomic E-state index is -0.226. The smallest absolute Gasteiger partial charge is 0.255 e. The molecule has 0 unspecified atom stereocenters. The molecule has 3 nitrogen and oxygen atoms in total. The van der Waals surface area contributed by atoms with Gasteiger partial charge in [0.2, 0.25) is 0 Å². The highest BCUT2D eigenvalue weighted by molar-refractivity contribution is 8.00. The SMILES string of the molecule is O=C(CSc1ccc(NC(=O)c2cccc(Cl)c2)cc1)c1ccc(Cl)cc1. The highest BCUT2D eigenvalue weighted by Gasteiger charge is 2.08. The summed E-state index contributed by atoms with van der Waals surface area (Å²) < 4.78 is 0. The molecule has 0 saturated heterocycles. The van der Waals surface area contributed by atoms with Crippen LogP contribution in [-0.4, -0.2) is 17.4 Å². The molecule has 0 radical (unpaired) electrons. The molecule has 3 aromatic carbocycles. The lowest BCUT2D eigenvalue weighted by molar-refractivity contribution is 0.101. The minimum absolute atomic E-state index is 0.0370. The van der Waals surface area contributed by atoms with E-state index in [0.29, 0.717) is 32.6 Å². The summed E-state index contributed by atoms with van der Waals surface area (Å²) in [5.74, 6) is 0.140. The van der Waals surface area contributed by atoms with E-state index in [0.717, 1.165) is 4.90 Å². The van der Waals surface area contributed by atoms with Gasteiger partial charge in [0.1, 0.15) is 0 Å². The number of hydrogen-bond acceptors (Lipinski definition) is 3. The zero-order valence-corrected chi connectivity index (χ0v) is 16.4. The number of anilines is 1. The molecule has 0 aliphatic rings. The van der Waals surface area contributed by atoms with Gasteiger partial charge in [-0.05, 0) is 66.7 Å². The highest BCUT2D eigenvalue weighted by Crippen LogP contribution is 2.22. The minimum Gasteiger partial charge on any atom is -0.322 e. The van der Waals surface area contributed by atoms with E-state index < -0.39 is 0 Å². The zero-order valence-electron chi connectivity index (χ0n) is 14.1. The van der Waals surface area contributed by atoms with E-state index in [2.05, 4.69) is 5.32 Å². The number of amides is 1.